The number of phenolic OH excluding ortho intramolecular Hbond substituents is 1. The van der Waals surface area contributed by atoms with E-state index in [0.29, 0.717) is 23.4 Å². The number of amides is 1. The standard InChI is InChI=1S/C18H14F6N2O3/c1-9(26-29-2)10-3-4-15(27)14(5-10)16(28)25-13-7-11(17(19,20)21)6-12(8-13)18(22,23)24/h3-8,27H,1-2H3,(H,25,28)/b26-9-. The van der Waals surface area contributed by atoms with Gasteiger partial charge < -0.3 is 15.3 Å². The molecule has 0 saturated carbocycles. The molecule has 0 aromatic heterocycles. The Kier molecular flexibility index (Phi) is 6.10. The van der Waals surface area contributed by atoms with E-state index in [1.54, 1.807) is 0 Å². The van der Waals surface area contributed by atoms with Crippen molar-refractivity contribution in [3.63, 3.8) is 0 Å². The van der Waals surface area contributed by atoms with Gasteiger partial charge in [-0.15, -0.1) is 0 Å². The zero-order valence-electron chi connectivity index (χ0n) is 14.9. The lowest BCUT2D eigenvalue weighted by Crippen LogP contribution is -2.16. The summed E-state index contributed by atoms with van der Waals surface area (Å²) < 4.78 is 77.6. The summed E-state index contributed by atoms with van der Waals surface area (Å²) in [6.45, 7) is 1.53. The van der Waals surface area contributed by atoms with Gasteiger partial charge in [-0.3, -0.25) is 4.79 Å². The van der Waals surface area contributed by atoms with Crippen LogP contribution in [0.4, 0.5) is 32.0 Å². The van der Waals surface area contributed by atoms with E-state index in [2.05, 4.69) is 9.99 Å². The van der Waals surface area contributed by atoms with Gasteiger partial charge in [-0.25, -0.2) is 0 Å². The summed E-state index contributed by atoms with van der Waals surface area (Å²) in [4.78, 5) is 17.0. The van der Waals surface area contributed by atoms with E-state index in [-0.39, 0.29) is 11.6 Å². The Labute approximate surface area is 160 Å². The number of phenols is 1. The number of carbonyl (C=O) groups is 1. The predicted molar refractivity (Wildman–Crippen MR) is 91.7 cm³/mol. The average molecular weight is 420 g/mol. The maximum atomic E-state index is 12.9. The highest BCUT2D eigenvalue weighted by atomic mass is 19.4. The minimum atomic E-state index is -5.06. The summed E-state index contributed by atoms with van der Waals surface area (Å²) in [5, 5.41) is 15.5. The summed E-state index contributed by atoms with van der Waals surface area (Å²) in [6, 6.07) is 4.37. The normalized spacial score (nSPS) is 12.6. The van der Waals surface area contributed by atoms with Crippen LogP contribution < -0.4 is 5.32 Å². The molecule has 0 bridgehead atoms. The third kappa shape index (κ3) is 5.39. The number of nitrogens with one attached hydrogen (secondary N) is 1. The Bertz CT molecular complexity index is 919. The van der Waals surface area contributed by atoms with E-state index in [9.17, 15) is 36.2 Å². The van der Waals surface area contributed by atoms with E-state index in [1.165, 1.54) is 26.2 Å². The fraction of sp³-hybridized carbons (Fsp3) is 0.222. The number of hydrogen-bond acceptors (Lipinski definition) is 4. The van der Waals surface area contributed by atoms with Crippen LogP contribution in [0.15, 0.2) is 41.6 Å². The van der Waals surface area contributed by atoms with E-state index >= 15 is 0 Å². The van der Waals surface area contributed by atoms with Crippen molar-refractivity contribution in [2.75, 3.05) is 12.4 Å². The van der Waals surface area contributed by atoms with Gasteiger partial charge in [-0.1, -0.05) is 5.16 Å². The lowest BCUT2D eigenvalue weighted by Gasteiger charge is -2.15. The minimum absolute atomic E-state index is 0.0572. The largest absolute Gasteiger partial charge is 0.507 e. The van der Waals surface area contributed by atoms with Crippen LogP contribution in [-0.2, 0) is 17.2 Å². The van der Waals surface area contributed by atoms with Crippen molar-refractivity contribution < 1.29 is 41.1 Å². The van der Waals surface area contributed by atoms with Crippen LogP contribution in [0, 0.1) is 0 Å². The molecule has 0 atom stereocenters. The molecule has 1 amide bonds. The van der Waals surface area contributed by atoms with Gasteiger partial charge in [0, 0.05) is 11.3 Å². The topological polar surface area (TPSA) is 70.9 Å². The molecule has 0 fully saturated rings. The molecule has 29 heavy (non-hydrogen) atoms. The molecule has 0 aliphatic rings. The number of rotatable bonds is 4. The summed E-state index contributed by atoms with van der Waals surface area (Å²) in [5.41, 5.74) is -3.61. The van der Waals surface area contributed by atoms with Gasteiger partial charge >= 0.3 is 12.4 Å². The third-order valence-corrected chi connectivity index (χ3v) is 3.73. The van der Waals surface area contributed by atoms with Crippen LogP contribution in [-0.4, -0.2) is 23.8 Å². The number of halogens is 6. The average Bonchev–Trinajstić information content (AvgIpc) is 2.60. The van der Waals surface area contributed by atoms with Crippen molar-refractivity contribution in [2.24, 2.45) is 5.16 Å². The van der Waals surface area contributed by atoms with Crippen molar-refractivity contribution in [3.05, 3.63) is 58.7 Å². The van der Waals surface area contributed by atoms with Crippen molar-refractivity contribution in [1.29, 1.82) is 0 Å². The molecule has 0 heterocycles. The van der Waals surface area contributed by atoms with Crippen molar-refractivity contribution >= 4 is 17.3 Å². The zero-order chi connectivity index (χ0) is 22.0. The van der Waals surface area contributed by atoms with Gasteiger partial charge in [-0.2, -0.15) is 26.3 Å². The molecule has 156 valence electrons. The van der Waals surface area contributed by atoms with Crippen LogP contribution in [0.3, 0.4) is 0 Å². The van der Waals surface area contributed by atoms with Gasteiger partial charge in [-0.05, 0) is 43.3 Å². The second-order valence-corrected chi connectivity index (χ2v) is 5.84. The van der Waals surface area contributed by atoms with Crippen molar-refractivity contribution in [3.8, 4) is 5.75 Å². The molecule has 2 aromatic rings. The van der Waals surface area contributed by atoms with E-state index in [1.807, 2.05) is 5.32 Å². The Balaban J connectivity index is 2.45. The van der Waals surface area contributed by atoms with E-state index in [0.717, 1.165) is 6.07 Å². The first-order valence-electron chi connectivity index (χ1n) is 7.85. The summed E-state index contributed by atoms with van der Waals surface area (Å²) in [7, 11) is 1.28. The lowest BCUT2D eigenvalue weighted by atomic mass is 10.0. The van der Waals surface area contributed by atoms with Gasteiger partial charge in [0.05, 0.1) is 22.4 Å². The third-order valence-electron chi connectivity index (χ3n) is 3.73. The zero-order valence-corrected chi connectivity index (χ0v) is 14.9. The predicted octanol–water partition coefficient (Wildman–Crippen LogP) is 5.05. The van der Waals surface area contributed by atoms with Gasteiger partial charge in [0.25, 0.3) is 5.91 Å². The Morgan fingerprint density at radius 3 is 2.03 bits per heavy atom. The second kappa shape index (κ2) is 8.02. The number of aromatic hydroxyl groups is 1. The monoisotopic (exact) mass is 420 g/mol. The highest BCUT2D eigenvalue weighted by Crippen LogP contribution is 2.37. The number of carbonyl (C=O) groups excluding carboxylic acids is 1. The first-order valence-corrected chi connectivity index (χ1v) is 7.85. The second-order valence-electron chi connectivity index (χ2n) is 5.84. The van der Waals surface area contributed by atoms with Crippen LogP contribution >= 0.6 is 0 Å². The molecule has 2 aromatic carbocycles. The number of benzene rings is 2. The summed E-state index contributed by atoms with van der Waals surface area (Å²) in [6.07, 6.45) is -10.1. The quantitative estimate of drug-likeness (QED) is 0.413. The lowest BCUT2D eigenvalue weighted by molar-refractivity contribution is -0.143. The van der Waals surface area contributed by atoms with Crippen LogP contribution in [0.1, 0.15) is 34.0 Å². The van der Waals surface area contributed by atoms with Gasteiger partial charge in [0.1, 0.15) is 12.9 Å². The minimum Gasteiger partial charge on any atom is -0.507 e. The number of nitrogens with zero attached hydrogens (tertiary/aromatic N) is 1. The maximum absolute atomic E-state index is 12.9. The van der Waals surface area contributed by atoms with Gasteiger partial charge in [0.15, 0.2) is 0 Å². The first-order chi connectivity index (χ1) is 13.3. The molecule has 0 radical (unpaired) electrons. The van der Waals surface area contributed by atoms with Crippen LogP contribution in [0.25, 0.3) is 0 Å². The maximum Gasteiger partial charge on any atom is 0.416 e. The molecule has 0 aliphatic heterocycles. The highest BCUT2D eigenvalue weighted by molar-refractivity contribution is 6.08. The number of anilines is 1. The Morgan fingerprint density at radius 2 is 1.55 bits per heavy atom. The smallest absolute Gasteiger partial charge is 0.416 e. The molecule has 5 nitrogen and oxygen atoms in total. The molecule has 0 saturated heterocycles. The van der Waals surface area contributed by atoms with Crippen LogP contribution in [0.5, 0.6) is 5.75 Å². The number of oxime groups is 1. The number of alkyl halides is 6. The molecular weight excluding hydrogens is 406 g/mol. The molecular formula is C18H14F6N2O3. The molecule has 2 rings (SSSR count). The van der Waals surface area contributed by atoms with Crippen molar-refractivity contribution in [2.45, 2.75) is 19.3 Å². The molecule has 0 spiro atoms. The highest BCUT2D eigenvalue weighted by Gasteiger charge is 2.37. The molecule has 0 unspecified atom stereocenters. The van der Waals surface area contributed by atoms with Gasteiger partial charge in [0.2, 0.25) is 0 Å². The molecule has 2 N–H and O–H groups in total. The van der Waals surface area contributed by atoms with E-state index < -0.39 is 40.8 Å². The SMILES string of the molecule is CO/N=C(/C)c1ccc(O)c(C(=O)Nc2cc(C(F)(F)F)cc(C(F)(F)F)c2)c1. The van der Waals surface area contributed by atoms with Crippen molar-refractivity contribution in [1.82, 2.24) is 0 Å². The van der Waals surface area contributed by atoms with Crippen LogP contribution in [0.2, 0.25) is 0 Å². The summed E-state index contributed by atoms with van der Waals surface area (Å²) in [5.74, 6) is -1.64. The fourth-order valence-corrected chi connectivity index (χ4v) is 2.36. The Morgan fingerprint density at radius 1 is 1.00 bits per heavy atom. The molecule has 11 heteroatoms. The Hall–Kier alpha value is -3.24. The van der Waals surface area contributed by atoms with E-state index in [4.69, 9.17) is 0 Å². The summed E-state index contributed by atoms with van der Waals surface area (Å²) >= 11 is 0. The molecule has 0 aliphatic carbocycles. The first kappa shape index (κ1) is 22.1. The fourth-order valence-electron chi connectivity index (χ4n) is 2.36. The number of hydrogen-bond donors (Lipinski definition) is 2.